The Bertz CT molecular complexity index is 672. The maximum absolute atomic E-state index is 14.4. The van der Waals surface area contributed by atoms with E-state index in [1.54, 1.807) is 19.1 Å². The van der Waals surface area contributed by atoms with Gasteiger partial charge in [-0.25, -0.2) is 4.39 Å². The first-order valence-electron chi connectivity index (χ1n) is 7.23. The van der Waals surface area contributed by atoms with Gasteiger partial charge in [0, 0.05) is 5.56 Å². The minimum atomic E-state index is -0.456. The molecule has 0 nitrogen and oxygen atoms in total. The average molecular weight is 305 g/mol. The Hall–Kier alpha value is -1.34. The van der Waals surface area contributed by atoms with E-state index in [-0.39, 0.29) is 5.82 Å². The maximum Gasteiger partial charge on any atom is 0.131 e. The topological polar surface area (TPSA) is 0 Å². The molecule has 1 atom stereocenters. The van der Waals surface area contributed by atoms with Gasteiger partial charge < -0.3 is 0 Å². The van der Waals surface area contributed by atoms with Crippen molar-refractivity contribution >= 4 is 11.6 Å². The predicted molar refractivity (Wildman–Crippen MR) is 89.0 cm³/mol. The van der Waals surface area contributed by atoms with Gasteiger partial charge in [0.2, 0.25) is 0 Å². The van der Waals surface area contributed by atoms with Crippen LogP contribution in [-0.2, 0) is 0 Å². The average Bonchev–Trinajstić information content (AvgIpc) is 2.46. The van der Waals surface area contributed by atoms with Gasteiger partial charge in [-0.2, -0.15) is 0 Å². The number of alkyl halides is 1. The van der Waals surface area contributed by atoms with Gasteiger partial charge in [-0.1, -0.05) is 18.2 Å². The first-order valence-corrected chi connectivity index (χ1v) is 7.67. The van der Waals surface area contributed by atoms with Crippen LogP contribution in [0.15, 0.2) is 18.2 Å². The second kappa shape index (κ2) is 5.81. The Morgan fingerprint density at radius 1 is 0.810 bits per heavy atom. The number of benzene rings is 2. The van der Waals surface area contributed by atoms with Gasteiger partial charge in [-0.15, -0.1) is 11.6 Å². The highest BCUT2D eigenvalue weighted by Gasteiger charge is 2.22. The van der Waals surface area contributed by atoms with Crippen LogP contribution in [0.3, 0.4) is 0 Å². The zero-order chi connectivity index (χ0) is 15.9. The van der Waals surface area contributed by atoms with Crippen molar-refractivity contribution in [1.29, 1.82) is 0 Å². The lowest BCUT2D eigenvalue weighted by molar-refractivity contribution is 0.603. The van der Waals surface area contributed by atoms with Crippen molar-refractivity contribution < 1.29 is 4.39 Å². The van der Waals surface area contributed by atoms with E-state index in [1.165, 1.54) is 16.7 Å². The molecule has 0 spiro atoms. The molecule has 0 fully saturated rings. The Balaban J connectivity index is 2.70. The van der Waals surface area contributed by atoms with Crippen LogP contribution in [0.4, 0.5) is 4.39 Å². The van der Waals surface area contributed by atoms with E-state index in [1.807, 2.05) is 6.07 Å². The van der Waals surface area contributed by atoms with Crippen molar-refractivity contribution in [2.75, 3.05) is 0 Å². The van der Waals surface area contributed by atoms with Crippen LogP contribution in [0, 0.1) is 47.4 Å². The van der Waals surface area contributed by atoms with E-state index in [0.29, 0.717) is 11.1 Å². The van der Waals surface area contributed by atoms with Gasteiger partial charge >= 0.3 is 0 Å². The molecule has 0 bridgehead atoms. The van der Waals surface area contributed by atoms with E-state index < -0.39 is 5.38 Å². The van der Waals surface area contributed by atoms with Crippen molar-refractivity contribution in [2.24, 2.45) is 0 Å². The van der Waals surface area contributed by atoms with Crippen LogP contribution in [0.1, 0.15) is 49.9 Å². The van der Waals surface area contributed by atoms with E-state index >= 15 is 0 Å². The molecular weight excluding hydrogens is 283 g/mol. The molecular formula is C19H22ClF. The van der Waals surface area contributed by atoms with Gasteiger partial charge in [0.15, 0.2) is 0 Å². The smallest absolute Gasteiger partial charge is 0.131 e. The summed E-state index contributed by atoms with van der Waals surface area (Å²) >= 11 is 6.68. The second-order valence-corrected chi connectivity index (χ2v) is 6.32. The van der Waals surface area contributed by atoms with Crippen molar-refractivity contribution in [2.45, 2.75) is 46.9 Å². The van der Waals surface area contributed by atoms with E-state index in [9.17, 15) is 4.39 Å². The first-order chi connectivity index (χ1) is 9.77. The highest BCUT2D eigenvalue weighted by Crippen LogP contribution is 2.38. The highest BCUT2D eigenvalue weighted by atomic mass is 35.5. The number of aryl methyl sites for hydroxylation is 1. The molecule has 0 aliphatic heterocycles. The number of rotatable bonds is 2. The van der Waals surface area contributed by atoms with Crippen LogP contribution >= 0.6 is 11.6 Å². The molecule has 2 rings (SSSR count). The van der Waals surface area contributed by atoms with Crippen molar-refractivity contribution in [1.82, 2.24) is 0 Å². The summed E-state index contributed by atoms with van der Waals surface area (Å²) in [5.74, 6) is -0.202. The summed E-state index contributed by atoms with van der Waals surface area (Å²) in [6, 6.07) is 5.42. The van der Waals surface area contributed by atoms with Gasteiger partial charge in [0.25, 0.3) is 0 Å². The number of hydrogen-bond donors (Lipinski definition) is 0. The van der Waals surface area contributed by atoms with Crippen molar-refractivity contribution in [3.05, 3.63) is 68.5 Å². The van der Waals surface area contributed by atoms with Crippen LogP contribution in [0.2, 0.25) is 0 Å². The van der Waals surface area contributed by atoms with Crippen LogP contribution in [-0.4, -0.2) is 0 Å². The minimum Gasteiger partial charge on any atom is -0.206 e. The molecule has 0 aliphatic carbocycles. The predicted octanol–water partition coefficient (Wildman–Crippen LogP) is 6.00. The minimum absolute atomic E-state index is 0.202. The van der Waals surface area contributed by atoms with Gasteiger partial charge in [-0.05, 0) is 80.5 Å². The Labute approximate surface area is 132 Å². The Morgan fingerprint density at radius 3 is 1.81 bits per heavy atom. The molecule has 0 aromatic heterocycles. The highest BCUT2D eigenvalue weighted by molar-refractivity contribution is 6.23. The molecule has 0 saturated heterocycles. The van der Waals surface area contributed by atoms with E-state index in [0.717, 1.165) is 16.7 Å². The van der Waals surface area contributed by atoms with E-state index in [4.69, 9.17) is 11.6 Å². The number of hydrogen-bond acceptors (Lipinski definition) is 0. The van der Waals surface area contributed by atoms with Crippen LogP contribution in [0.25, 0.3) is 0 Å². The van der Waals surface area contributed by atoms with Crippen molar-refractivity contribution in [3.8, 4) is 0 Å². The SMILES string of the molecule is Cc1cccc(C(Cl)c2c(C)c(C)c(C)c(C)c2C)c1F. The molecule has 2 aromatic carbocycles. The van der Waals surface area contributed by atoms with E-state index in [2.05, 4.69) is 34.6 Å². The summed E-state index contributed by atoms with van der Waals surface area (Å²) in [6.07, 6.45) is 0. The van der Waals surface area contributed by atoms with Crippen LogP contribution < -0.4 is 0 Å². The molecule has 1 unspecified atom stereocenters. The summed E-state index contributed by atoms with van der Waals surface area (Å²) in [4.78, 5) is 0. The molecule has 2 aromatic rings. The molecule has 0 aliphatic rings. The zero-order valence-corrected chi connectivity index (χ0v) is 14.3. The Kier molecular flexibility index (Phi) is 4.43. The molecule has 0 radical (unpaired) electrons. The Morgan fingerprint density at radius 2 is 1.29 bits per heavy atom. The fraction of sp³-hybridized carbons (Fsp3) is 0.368. The number of halogens is 2. The largest absolute Gasteiger partial charge is 0.206 e. The molecule has 2 heteroatoms. The lowest BCUT2D eigenvalue weighted by Crippen LogP contribution is -2.07. The molecule has 0 heterocycles. The fourth-order valence-electron chi connectivity index (χ4n) is 2.93. The van der Waals surface area contributed by atoms with Gasteiger partial charge in [0.05, 0.1) is 5.38 Å². The lowest BCUT2D eigenvalue weighted by atomic mass is 9.86. The third-order valence-electron chi connectivity index (χ3n) is 4.81. The summed E-state index contributed by atoms with van der Waals surface area (Å²) in [5, 5.41) is -0.456. The molecule has 0 saturated carbocycles. The van der Waals surface area contributed by atoms with Crippen molar-refractivity contribution in [3.63, 3.8) is 0 Å². The summed E-state index contributed by atoms with van der Waals surface area (Å²) in [7, 11) is 0. The third-order valence-corrected chi connectivity index (χ3v) is 5.26. The summed E-state index contributed by atoms with van der Waals surface area (Å²) < 4.78 is 14.4. The molecule has 21 heavy (non-hydrogen) atoms. The van der Waals surface area contributed by atoms with Crippen LogP contribution in [0.5, 0.6) is 0 Å². The normalized spacial score (nSPS) is 12.6. The lowest BCUT2D eigenvalue weighted by Gasteiger charge is -2.23. The standard InChI is InChI=1S/C19H22ClF/c1-10-8-7-9-16(19(10)21)18(20)17-14(5)12(3)11(2)13(4)15(17)6/h7-9,18H,1-6H3. The maximum atomic E-state index is 14.4. The summed E-state index contributed by atoms with van der Waals surface area (Å²) in [6.45, 7) is 12.3. The molecule has 112 valence electrons. The first kappa shape index (κ1) is 16.0. The quantitative estimate of drug-likeness (QED) is 0.596. The monoisotopic (exact) mass is 304 g/mol. The van der Waals surface area contributed by atoms with Gasteiger partial charge in [-0.3, -0.25) is 0 Å². The zero-order valence-electron chi connectivity index (χ0n) is 13.6. The fourth-order valence-corrected chi connectivity index (χ4v) is 3.43. The third kappa shape index (κ3) is 2.60. The molecule has 0 N–H and O–H groups in total. The van der Waals surface area contributed by atoms with Gasteiger partial charge in [0.1, 0.15) is 5.82 Å². The molecule has 0 amide bonds. The second-order valence-electron chi connectivity index (χ2n) is 5.88. The summed E-state index contributed by atoms with van der Waals surface area (Å²) in [5.41, 5.74) is 8.34.